The van der Waals surface area contributed by atoms with Crippen LogP contribution in [0, 0.1) is 6.92 Å². The number of nitrogens with two attached hydrogens (primary N) is 1. The highest BCUT2D eigenvalue weighted by molar-refractivity contribution is 6.31. The highest BCUT2D eigenvalue weighted by atomic mass is 35.5. The van der Waals surface area contributed by atoms with E-state index in [1.165, 1.54) is 0 Å². The van der Waals surface area contributed by atoms with Crippen LogP contribution in [0.2, 0.25) is 5.02 Å². The van der Waals surface area contributed by atoms with E-state index >= 15 is 0 Å². The Morgan fingerprint density at radius 1 is 1.08 bits per heavy atom. The van der Waals surface area contributed by atoms with Crippen molar-refractivity contribution in [1.82, 2.24) is 4.98 Å². The third kappa shape index (κ3) is 4.24. The normalized spacial score (nSPS) is 13.3. The molecule has 2 aliphatic rings. The number of aliphatic hydroxyl groups excluding tert-OH is 1. The first kappa shape index (κ1) is 25.1. The van der Waals surface area contributed by atoms with Crippen LogP contribution < -0.4 is 15.4 Å². The first-order chi connectivity index (χ1) is 18.9. The van der Waals surface area contributed by atoms with Gasteiger partial charge in [-0.2, -0.15) is 0 Å². The quantitative estimate of drug-likeness (QED) is 0.273. The number of amides is 2. The van der Waals surface area contributed by atoms with Crippen molar-refractivity contribution in [1.29, 1.82) is 0 Å². The molecule has 0 bridgehead atoms. The van der Waals surface area contributed by atoms with E-state index in [2.05, 4.69) is 4.98 Å². The van der Waals surface area contributed by atoms with E-state index in [0.29, 0.717) is 42.3 Å². The molecule has 1 aromatic heterocycles. The van der Waals surface area contributed by atoms with Gasteiger partial charge in [0.05, 0.1) is 13.2 Å². The van der Waals surface area contributed by atoms with Gasteiger partial charge in [0.1, 0.15) is 11.4 Å². The van der Waals surface area contributed by atoms with E-state index in [0.717, 1.165) is 50.2 Å². The SMILES string of the molecule is Cc1c(-c2cnc(C(N)=O)c3c2-c2ccc(OCCCO)cc2C3)cccc1N1Cc2ccc(Cl)cc2C1=O. The second-order valence-electron chi connectivity index (χ2n) is 9.80. The van der Waals surface area contributed by atoms with Gasteiger partial charge >= 0.3 is 0 Å². The second kappa shape index (κ2) is 9.84. The van der Waals surface area contributed by atoms with E-state index in [1.807, 2.05) is 49.4 Å². The van der Waals surface area contributed by atoms with Crippen LogP contribution in [0.15, 0.2) is 60.8 Å². The minimum Gasteiger partial charge on any atom is -0.493 e. The van der Waals surface area contributed by atoms with Gasteiger partial charge in [0.25, 0.3) is 11.8 Å². The molecule has 0 spiro atoms. The van der Waals surface area contributed by atoms with Crippen molar-refractivity contribution in [3.63, 3.8) is 0 Å². The molecule has 6 rings (SSSR count). The van der Waals surface area contributed by atoms with E-state index in [4.69, 9.17) is 27.2 Å². The zero-order chi connectivity index (χ0) is 27.3. The average Bonchev–Trinajstić information content (AvgIpc) is 3.46. The lowest BCUT2D eigenvalue weighted by molar-refractivity contribution is 0.0987. The number of ether oxygens (including phenoxy) is 1. The third-order valence-electron chi connectivity index (χ3n) is 7.46. The highest BCUT2D eigenvalue weighted by Crippen LogP contribution is 2.46. The number of nitrogens with zero attached hydrogens (tertiary/aromatic N) is 2. The fourth-order valence-corrected chi connectivity index (χ4v) is 5.79. The lowest BCUT2D eigenvalue weighted by atomic mass is 9.91. The van der Waals surface area contributed by atoms with Gasteiger partial charge in [-0.05, 0) is 76.2 Å². The minimum atomic E-state index is -0.574. The number of anilines is 1. The van der Waals surface area contributed by atoms with Crippen molar-refractivity contribution in [3.05, 3.63) is 99.3 Å². The molecule has 2 heterocycles. The van der Waals surface area contributed by atoms with Crippen LogP contribution in [0.25, 0.3) is 22.3 Å². The Bertz CT molecular complexity index is 1670. The Kier molecular flexibility index (Phi) is 6.33. The van der Waals surface area contributed by atoms with Crippen molar-refractivity contribution in [2.75, 3.05) is 18.1 Å². The summed E-state index contributed by atoms with van der Waals surface area (Å²) in [5, 5.41) is 9.60. The highest BCUT2D eigenvalue weighted by Gasteiger charge is 2.32. The predicted molar refractivity (Wildman–Crippen MR) is 150 cm³/mol. The van der Waals surface area contributed by atoms with Gasteiger partial charge in [-0.15, -0.1) is 0 Å². The van der Waals surface area contributed by atoms with Crippen molar-refractivity contribution in [2.45, 2.75) is 26.3 Å². The Hall–Kier alpha value is -4.20. The van der Waals surface area contributed by atoms with Gasteiger partial charge in [0.2, 0.25) is 0 Å². The molecule has 39 heavy (non-hydrogen) atoms. The molecule has 196 valence electrons. The summed E-state index contributed by atoms with van der Waals surface area (Å²) in [7, 11) is 0. The standard InChI is InChI=1S/C31H26ClN3O4/c1-17-22(4-2-5-27(17)35-16-18-6-7-20(32)14-24(18)31(35)38)26-15-34-29(30(33)37)25-13-19-12-21(39-11-3-10-36)8-9-23(19)28(25)26/h2,4-9,12,14-15,36H,3,10-11,13,16H2,1H3,(H2,33,37). The molecule has 0 fully saturated rings. The summed E-state index contributed by atoms with van der Waals surface area (Å²) in [6, 6.07) is 17.2. The number of carbonyl (C=O) groups is 2. The summed E-state index contributed by atoms with van der Waals surface area (Å²) in [6.07, 6.45) is 2.75. The van der Waals surface area contributed by atoms with Crippen LogP contribution in [0.4, 0.5) is 5.69 Å². The maximum atomic E-state index is 13.3. The van der Waals surface area contributed by atoms with Crippen LogP contribution in [-0.2, 0) is 13.0 Å². The number of rotatable bonds is 7. The molecule has 1 aliphatic heterocycles. The maximum Gasteiger partial charge on any atom is 0.267 e. The molecule has 0 saturated heterocycles. The van der Waals surface area contributed by atoms with E-state index in [-0.39, 0.29) is 18.2 Å². The van der Waals surface area contributed by atoms with Gasteiger partial charge in [-0.3, -0.25) is 14.6 Å². The van der Waals surface area contributed by atoms with Gasteiger partial charge in [0.15, 0.2) is 0 Å². The molecule has 7 nitrogen and oxygen atoms in total. The second-order valence-corrected chi connectivity index (χ2v) is 10.2. The van der Waals surface area contributed by atoms with Crippen LogP contribution in [0.3, 0.4) is 0 Å². The van der Waals surface area contributed by atoms with Gasteiger partial charge in [-0.1, -0.05) is 35.9 Å². The lowest BCUT2D eigenvalue weighted by Crippen LogP contribution is -2.24. The molecule has 2 amide bonds. The van der Waals surface area contributed by atoms with E-state index < -0.39 is 5.91 Å². The molecule has 3 aromatic carbocycles. The summed E-state index contributed by atoms with van der Waals surface area (Å²) in [5.74, 6) is 0.0457. The molecule has 3 N–H and O–H groups in total. The Morgan fingerprint density at radius 3 is 2.72 bits per heavy atom. The Labute approximate surface area is 230 Å². The van der Waals surface area contributed by atoms with Crippen molar-refractivity contribution in [3.8, 4) is 28.0 Å². The number of hydrogen-bond acceptors (Lipinski definition) is 5. The number of pyridine rings is 1. The molecule has 0 atom stereocenters. The van der Waals surface area contributed by atoms with Crippen molar-refractivity contribution in [2.24, 2.45) is 5.73 Å². The number of benzene rings is 3. The molecular formula is C31H26ClN3O4. The van der Waals surface area contributed by atoms with Gasteiger partial charge in [0, 0.05) is 47.5 Å². The third-order valence-corrected chi connectivity index (χ3v) is 7.69. The van der Waals surface area contributed by atoms with Crippen LogP contribution in [0.5, 0.6) is 5.75 Å². The number of aliphatic hydroxyl groups is 1. The first-order valence-corrected chi connectivity index (χ1v) is 13.1. The average molecular weight is 540 g/mol. The molecule has 0 radical (unpaired) electrons. The molecular weight excluding hydrogens is 514 g/mol. The zero-order valence-electron chi connectivity index (χ0n) is 21.3. The Balaban J connectivity index is 1.44. The number of hydrogen-bond donors (Lipinski definition) is 2. The van der Waals surface area contributed by atoms with Crippen LogP contribution in [-0.4, -0.2) is 35.1 Å². The van der Waals surface area contributed by atoms with E-state index in [1.54, 1.807) is 23.2 Å². The fourth-order valence-electron chi connectivity index (χ4n) is 5.62. The van der Waals surface area contributed by atoms with E-state index in [9.17, 15) is 9.59 Å². The van der Waals surface area contributed by atoms with Gasteiger partial charge < -0.3 is 20.5 Å². The van der Waals surface area contributed by atoms with Crippen LogP contribution >= 0.6 is 11.6 Å². The maximum absolute atomic E-state index is 13.3. The summed E-state index contributed by atoms with van der Waals surface area (Å²) < 4.78 is 5.79. The summed E-state index contributed by atoms with van der Waals surface area (Å²) >= 11 is 6.16. The summed E-state index contributed by atoms with van der Waals surface area (Å²) in [6.45, 7) is 2.94. The van der Waals surface area contributed by atoms with Crippen LogP contribution in [0.1, 0.15) is 49.5 Å². The summed E-state index contributed by atoms with van der Waals surface area (Å²) in [4.78, 5) is 31.9. The summed E-state index contributed by atoms with van der Waals surface area (Å²) in [5.41, 5.74) is 14.8. The number of fused-ring (bicyclic) bond motifs is 4. The molecule has 0 saturated carbocycles. The molecule has 0 unspecified atom stereocenters. The molecule has 8 heteroatoms. The van der Waals surface area contributed by atoms with Gasteiger partial charge in [-0.25, -0.2) is 0 Å². The first-order valence-electron chi connectivity index (χ1n) is 12.8. The number of carbonyl (C=O) groups excluding carboxylic acids is 2. The molecule has 1 aliphatic carbocycles. The fraction of sp³-hybridized carbons (Fsp3) is 0.194. The Morgan fingerprint density at radius 2 is 1.92 bits per heavy atom. The van der Waals surface area contributed by atoms with Crippen molar-refractivity contribution < 1.29 is 19.4 Å². The zero-order valence-corrected chi connectivity index (χ0v) is 22.1. The molecule has 4 aromatic rings. The number of halogens is 1. The smallest absolute Gasteiger partial charge is 0.267 e. The number of primary amides is 1. The van der Waals surface area contributed by atoms with Crippen molar-refractivity contribution >= 4 is 29.1 Å². The lowest BCUT2D eigenvalue weighted by Gasteiger charge is -2.22. The monoisotopic (exact) mass is 539 g/mol. The topological polar surface area (TPSA) is 106 Å². The predicted octanol–water partition coefficient (Wildman–Crippen LogP) is 5.30. The minimum absolute atomic E-state index is 0.0641. The largest absolute Gasteiger partial charge is 0.493 e. The number of aromatic nitrogens is 1.